The van der Waals surface area contributed by atoms with Gasteiger partial charge in [-0.2, -0.15) is 0 Å². The normalized spacial score (nSPS) is 15.0. The molecule has 22 heavy (non-hydrogen) atoms. The van der Waals surface area contributed by atoms with Crippen LogP contribution in [0.15, 0.2) is 5.38 Å². The van der Waals surface area contributed by atoms with Crippen molar-refractivity contribution in [3.63, 3.8) is 0 Å². The monoisotopic (exact) mass is 324 g/mol. The van der Waals surface area contributed by atoms with Crippen LogP contribution < -0.4 is 16.0 Å². The van der Waals surface area contributed by atoms with Gasteiger partial charge in [-0.3, -0.25) is 10.1 Å². The number of urea groups is 1. The van der Waals surface area contributed by atoms with E-state index >= 15 is 0 Å². The minimum atomic E-state index is -0.211. The van der Waals surface area contributed by atoms with Gasteiger partial charge in [0.05, 0.1) is 12.1 Å². The summed E-state index contributed by atoms with van der Waals surface area (Å²) in [6.07, 6.45) is 4.70. The van der Waals surface area contributed by atoms with Crippen molar-refractivity contribution in [1.29, 1.82) is 0 Å². The molecule has 0 spiro atoms. The van der Waals surface area contributed by atoms with Gasteiger partial charge in [0.15, 0.2) is 5.13 Å². The zero-order chi connectivity index (χ0) is 15.9. The summed E-state index contributed by atoms with van der Waals surface area (Å²) in [5.41, 5.74) is 0.683. The number of aromatic nitrogens is 1. The average molecular weight is 324 g/mol. The first kappa shape index (κ1) is 16.7. The maximum atomic E-state index is 11.8. The van der Waals surface area contributed by atoms with Crippen molar-refractivity contribution in [3.05, 3.63) is 11.1 Å². The first-order valence-electron chi connectivity index (χ1n) is 7.81. The van der Waals surface area contributed by atoms with E-state index in [1.54, 1.807) is 5.38 Å². The molecular weight excluding hydrogens is 300 g/mol. The van der Waals surface area contributed by atoms with Crippen LogP contribution in [-0.4, -0.2) is 29.5 Å². The molecule has 1 heterocycles. The Bertz CT molecular complexity index is 509. The second-order valence-corrected chi connectivity index (χ2v) is 6.96. The molecule has 1 aliphatic rings. The van der Waals surface area contributed by atoms with Crippen molar-refractivity contribution in [3.8, 4) is 0 Å². The third kappa shape index (κ3) is 5.63. The molecule has 0 radical (unpaired) electrons. The van der Waals surface area contributed by atoms with Crippen molar-refractivity contribution in [2.45, 2.75) is 52.0 Å². The molecule has 0 saturated heterocycles. The van der Waals surface area contributed by atoms with Crippen LogP contribution in [-0.2, 0) is 11.2 Å². The fourth-order valence-corrected chi connectivity index (χ4v) is 3.08. The zero-order valence-corrected chi connectivity index (χ0v) is 14.0. The highest BCUT2D eigenvalue weighted by atomic mass is 32.1. The van der Waals surface area contributed by atoms with Crippen LogP contribution in [0.25, 0.3) is 0 Å². The Kier molecular flexibility index (Phi) is 6.18. The highest BCUT2D eigenvalue weighted by Gasteiger charge is 2.17. The van der Waals surface area contributed by atoms with Crippen molar-refractivity contribution >= 4 is 28.4 Å². The lowest BCUT2D eigenvalue weighted by atomic mass is 10.2. The van der Waals surface area contributed by atoms with E-state index in [-0.39, 0.29) is 24.4 Å². The number of nitrogens with one attached hydrogen (secondary N) is 3. The molecule has 3 N–H and O–H groups in total. The second kappa shape index (κ2) is 8.12. The van der Waals surface area contributed by atoms with E-state index < -0.39 is 0 Å². The van der Waals surface area contributed by atoms with Crippen LogP contribution in [0.4, 0.5) is 9.93 Å². The maximum Gasteiger partial charge on any atom is 0.321 e. The summed E-state index contributed by atoms with van der Waals surface area (Å²) >= 11 is 1.34. The number of anilines is 1. The summed E-state index contributed by atoms with van der Waals surface area (Å²) in [6, 6.07) is 0.0679. The lowest BCUT2D eigenvalue weighted by molar-refractivity contribution is -0.120. The molecule has 6 nitrogen and oxygen atoms in total. The Hall–Kier alpha value is -1.63. The van der Waals surface area contributed by atoms with Gasteiger partial charge in [0.2, 0.25) is 5.91 Å². The molecule has 1 fully saturated rings. The van der Waals surface area contributed by atoms with Crippen LogP contribution in [0.5, 0.6) is 0 Å². The predicted octanol–water partition coefficient (Wildman–Crippen LogP) is 2.52. The summed E-state index contributed by atoms with van der Waals surface area (Å²) < 4.78 is 0. The maximum absolute atomic E-state index is 11.8. The number of carbonyl (C=O) groups is 2. The summed E-state index contributed by atoms with van der Waals surface area (Å²) in [5.74, 6) is 0.386. The van der Waals surface area contributed by atoms with Gasteiger partial charge < -0.3 is 10.6 Å². The van der Waals surface area contributed by atoms with Gasteiger partial charge in [-0.25, -0.2) is 9.78 Å². The van der Waals surface area contributed by atoms with Gasteiger partial charge in [-0.15, -0.1) is 11.3 Å². The first-order chi connectivity index (χ1) is 10.5. The SMILES string of the molecule is CC(C)CNC(=O)Cc1csc(NC(=O)NC2CCCC2)n1. The Labute approximate surface area is 135 Å². The number of thiazole rings is 1. The number of hydrogen-bond donors (Lipinski definition) is 3. The Balaban J connectivity index is 1.75. The molecule has 0 atom stereocenters. The molecule has 1 aliphatic carbocycles. The number of carbonyl (C=O) groups excluding carboxylic acids is 2. The number of amides is 3. The molecular formula is C15H24N4O2S. The van der Waals surface area contributed by atoms with Crippen LogP contribution in [0.2, 0.25) is 0 Å². The molecule has 0 aliphatic heterocycles. The third-order valence-corrected chi connectivity index (χ3v) is 4.32. The van der Waals surface area contributed by atoms with Crippen LogP contribution >= 0.6 is 11.3 Å². The van der Waals surface area contributed by atoms with Gasteiger partial charge in [-0.1, -0.05) is 26.7 Å². The lowest BCUT2D eigenvalue weighted by Crippen LogP contribution is -2.36. The molecule has 3 amide bonds. The third-order valence-electron chi connectivity index (χ3n) is 3.51. The lowest BCUT2D eigenvalue weighted by Gasteiger charge is -2.11. The average Bonchev–Trinajstić information content (AvgIpc) is 3.08. The van der Waals surface area contributed by atoms with Gasteiger partial charge in [0, 0.05) is 18.0 Å². The van der Waals surface area contributed by atoms with Crippen molar-refractivity contribution in [1.82, 2.24) is 15.6 Å². The summed E-state index contributed by atoms with van der Waals surface area (Å²) in [5, 5.41) is 10.9. The van der Waals surface area contributed by atoms with E-state index in [2.05, 4.69) is 20.9 Å². The van der Waals surface area contributed by atoms with Gasteiger partial charge in [0.1, 0.15) is 0 Å². The molecule has 0 aromatic carbocycles. The second-order valence-electron chi connectivity index (χ2n) is 6.10. The zero-order valence-electron chi connectivity index (χ0n) is 13.1. The van der Waals surface area contributed by atoms with E-state index in [0.717, 1.165) is 12.8 Å². The smallest absolute Gasteiger partial charge is 0.321 e. The van der Waals surface area contributed by atoms with E-state index in [9.17, 15) is 9.59 Å². The molecule has 0 unspecified atom stereocenters. The van der Waals surface area contributed by atoms with Gasteiger partial charge in [-0.05, 0) is 18.8 Å². The van der Waals surface area contributed by atoms with Gasteiger partial charge in [0.25, 0.3) is 0 Å². The minimum Gasteiger partial charge on any atom is -0.356 e. The van der Waals surface area contributed by atoms with E-state index in [4.69, 9.17) is 0 Å². The van der Waals surface area contributed by atoms with Crippen LogP contribution in [0.3, 0.4) is 0 Å². The van der Waals surface area contributed by atoms with Crippen LogP contribution in [0.1, 0.15) is 45.2 Å². The Morgan fingerprint density at radius 3 is 2.77 bits per heavy atom. The Morgan fingerprint density at radius 1 is 1.36 bits per heavy atom. The van der Waals surface area contributed by atoms with E-state index in [1.165, 1.54) is 24.2 Å². The summed E-state index contributed by atoms with van der Waals surface area (Å²) in [6.45, 7) is 4.76. The van der Waals surface area contributed by atoms with E-state index in [1.807, 2.05) is 13.8 Å². The molecule has 122 valence electrons. The van der Waals surface area contributed by atoms with Gasteiger partial charge >= 0.3 is 6.03 Å². The fraction of sp³-hybridized carbons (Fsp3) is 0.667. The predicted molar refractivity (Wildman–Crippen MR) is 88.1 cm³/mol. The standard InChI is InChI=1S/C15H24N4O2S/c1-10(2)8-16-13(20)7-12-9-22-15(18-12)19-14(21)17-11-5-3-4-6-11/h9-11H,3-8H2,1-2H3,(H,16,20)(H2,17,18,19,21). The minimum absolute atomic E-state index is 0.0408. The summed E-state index contributed by atoms with van der Waals surface area (Å²) in [7, 11) is 0. The highest BCUT2D eigenvalue weighted by Crippen LogP contribution is 2.19. The quantitative estimate of drug-likeness (QED) is 0.752. The number of hydrogen-bond acceptors (Lipinski definition) is 4. The number of rotatable bonds is 6. The fourth-order valence-electron chi connectivity index (χ4n) is 2.38. The molecule has 7 heteroatoms. The van der Waals surface area contributed by atoms with Crippen molar-refractivity contribution in [2.24, 2.45) is 5.92 Å². The molecule has 0 bridgehead atoms. The molecule has 2 rings (SSSR count). The largest absolute Gasteiger partial charge is 0.356 e. The molecule has 1 aromatic rings. The van der Waals surface area contributed by atoms with E-state index in [0.29, 0.717) is 23.3 Å². The number of nitrogens with zero attached hydrogens (tertiary/aromatic N) is 1. The topological polar surface area (TPSA) is 83.1 Å². The Morgan fingerprint density at radius 2 is 2.09 bits per heavy atom. The van der Waals surface area contributed by atoms with Crippen molar-refractivity contribution < 1.29 is 9.59 Å². The first-order valence-corrected chi connectivity index (χ1v) is 8.69. The highest BCUT2D eigenvalue weighted by molar-refractivity contribution is 7.13. The van der Waals surface area contributed by atoms with Crippen molar-refractivity contribution in [2.75, 3.05) is 11.9 Å². The van der Waals surface area contributed by atoms with Crippen LogP contribution in [0, 0.1) is 5.92 Å². The molecule has 1 aromatic heterocycles. The summed E-state index contributed by atoms with van der Waals surface area (Å²) in [4.78, 5) is 27.9. The molecule has 1 saturated carbocycles.